The Morgan fingerprint density at radius 2 is 0.818 bits per heavy atom. The van der Waals surface area contributed by atoms with Gasteiger partial charge in [-0.05, 0) is 110 Å². The van der Waals surface area contributed by atoms with Gasteiger partial charge in [-0.3, -0.25) is 0 Å². The Labute approximate surface area is 528 Å². The molecule has 77 heavy (non-hydrogen) atoms. The van der Waals surface area contributed by atoms with Crippen molar-refractivity contribution >= 4 is 0 Å². The third-order valence-electron chi connectivity index (χ3n) is 11.1. The fraction of sp³-hybridized carbons (Fsp3) is 0.0896. The second-order valence-corrected chi connectivity index (χ2v) is 16.6. The van der Waals surface area contributed by atoms with Crippen LogP contribution in [0.2, 0.25) is 0 Å². The Kier molecular flexibility index (Phi) is 29.4. The van der Waals surface area contributed by atoms with Gasteiger partial charge in [0.15, 0.2) is 0 Å². The van der Waals surface area contributed by atoms with Gasteiger partial charge in [0.2, 0.25) is 0 Å². The molecule has 0 bridgehead atoms. The van der Waals surface area contributed by atoms with E-state index < -0.39 is 6.85 Å². The molecular formula is C67H56Ir5N5-5. The molecule has 0 atom stereocenters. The number of nitrogens with zero attached hydrogens (tertiary/aromatic N) is 5. The van der Waals surface area contributed by atoms with Crippen LogP contribution < -0.4 is 0 Å². The van der Waals surface area contributed by atoms with Crippen molar-refractivity contribution in [1.29, 1.82) is 0 Å². The maximum atomic E-state index is 7.37. The van der Waals surface area contributed by atoms with Crippen molar-refractivity contribution in [3.05, 3.63) is 295 Å². The third kappa shape index (κ3) is 21.6. The van der Waals surface area contributed by atoms with Crippen LogP contribution in [-0.4, -0.2) is 24.9 Å². The summed E-state index contributed by atoms with van der Waals surface area (Å²) in [6.45, 7) is 8.05. The van der Waals surface area contributed by atoms with Gasteiger partial charge in [-0.25, -0.2) is 0 Å². The summed E-state index contributed by atoms with van der Waals surface area (Å²) in [5, 5.41) is 0. The fourth-order valence-electron chi connectivity index (χ4n) is 7.17. The molecule has 0 unspecified atom stereocenters. The van der Waals surface area contributed by atoms with E-state index in [1.54, 1.807) is 19.2 Å². The van der Waals surface area contributed by atoms with Crippen molar-refractivity contribution in [2.75, 3.05) is 0 Å². The van der Waals surface area contributed by atoms with E-state index in [9.17, 15) is 0 Å². The summed E-state index contributed by atoms with van der Waals surface area (Å²) in [6.07, 6.45) is 8.71. The van der Waals surface area contributed by atoms with Crippen LogP contribution in [0.4, 0.5) is 0 Å². The van der Waals surface area contributed by atoms with Crippen LogP contribution in [0.3, 0.4) is 0 Å². The van der Waals surface area contributed by atoms with Gasteiger partial charge in [-0.1, -0.05) is 83.4 Å². The minimum absolute atomic E-state index is 0. The van der Waals surface area contributed by atoms with E-state index in [1.165, 1.54) is 39.6 Å². The number of aryl methyl sites for hydroxylation is 6. The van der Waals surface area contributed by atoms with Crippen LogP contribution >= 0.6 is 0 Å². The summed E-state index contributed by atoms with van der Waals surface area (Å²) >= 11 is 0. The van der Waals surface area contributed by atoms with Gasteiger partial charge in [-0.15, -0.1) is 179 Å². The van der Waals surface area contributed by atoms with Crippen LogP contribution in [-0.2, 0) is 101 Å². The van der Waals surface area contributed by atoms with E-state index in [-0.39, 0.29) is 101 Å². The molecule has 0 aliphatic rings. The average molecular weight is 1900 g/mol. The van der Waals surface area contributed by atoms with E-state index in [2.05, 4.69) is 118 Å². The molecule has 5 aromatic heterocycles. The summed E-state index contributed by atoms with van der Waals surface area (Å²) in [4.78, 5) is 21.4. The molecule has 0 aliphatic carbocycles. The van der Waals surface area contributed by atoms with Gasteiger partial charge in [0.25, 0.3) is 0 Å². The quantitative estimate of drug-likeness (QED) is 0.155. The molecule has 0 N–H and O–H groups in total. The number of aromatic nitrogens is 5. The Bertz CT molecular complexity index is 3420. The fourth-order valence-corrected chi connectivity index (χ4v) is 7.17. The summed E-state index contributed by atoms with van der Waals surface area (Å²) < 4.78 is 22.1. The van der Waals surface area contributed by atoms with Crippen molar-refractivity contribution in [1.82, 2.24) is 24.9 Å². The minimum Gasteiger partial charge on any atom is -0.305 e. The SMILES string of the molecule is Cc1ccc(-c2[c-]cccc2)nc1.Cc1ccc(C)c(-c2cc[c-]c(-c3ccccn3)c2)c1.Cc1cccnc1-c1[c-]cccc1.[2H]C([2H])([2H])c1cnc(-c2[c-]cccc2)cc1C.[Ir].[Ir].[Ir].[Ir].[Ir].[c-]1ccccc1-c1ccccn1. The number of rotatable bonds is 6. The zero-order valence-electron chi connectivity index (χ0n) is 45.8. The molecule has 5 nitrogen and oxygen atoms in total. The zero-order valence-corrected chi connectivity index (χ0v) is 54.8. The molecule has 11 aromatic rings. The molecule has 10 heteroatoms. The molecule has 5 heterocycles. The van der Waals surface area contributed by atoms with Gasteiger partial charge in [0.1, 0.15) is 0 Å². The van der Waals surface area contributed by atoms with Gasteiger partial charge in [0, 0.05) is 136 Å². The van der Waals surface area contributed by atoms with Crippen LogP contribution in [0, 0.1) is 71.8 Å². The number of hydrogen-bond donors (Lipinski definition) is 0. The molecule has 0 fully saturated rings. The van der Waals surface area contributed by atoms with Crippen LogP contribution in [0.15, 0.2) is 231 Å². The minimum atomic E-state index is -2.10. The van der Waals surface area contributed by atoms with Crippen LogP contribution in [0.25, 0.3) is 67.4 Å². The van der Waals surface area contributed by atoms with Gasteiger partial charge in [0.05, 0.1) is 0 Å². The maximum absolute atomic E-state index is 7.37. The number of benzene rings is 6. The van der Waals surface area contributed by atoms with E-state index in [4.69, 9.17) is 4.11 Å². The van der Waals surface area contributed by atoms with E-state index >= 15 is 0 Å². The van der Waals surface area contributed by atoms with Crippen molar-refractivity contribution in [3.63, 3.8) is 0 Å². The molecule has 0 amide bonds. The molecular weight excluding hydrogens is 1840 g/mol. The average Bonchev–Trinajstić information content (AvgIpc) is 3.49. The normalized spacial score (nSPS) is 10.2. The molecule has 0 saturated carbocycles. The van der Waals surface area contributed by atoms with E-state index in [0.29, 0.717) is 5.56 Å². The van der Waals surface area contributed by atoms with Crippen molar-refractivity contribution in [2.24, 2.45) is 0 Å². The van der Waals surface area contributed by atoms with Gasteiger partial charge in [-0.2, -0.15) is 0 Å². The molecule has 0 aliphatic heterocycles. The second-order valence-electron chi connectivity index (χ2n) is 16.6. The standard InChI is InChI=1S/C19H16N.C13H12N.2C12H10N.C11H8N.5Ir/c1-14-9-10-15(2)18(12-14)16-6-5-7-17(13-16)19-8-3-4-11-20-19;1-10-8-13(14-9-11(10)2)12-6-4-3-5-7-12;1-10-6-5-9-13-12(10)11-7-3-2-4-8-11;1-10-7-8-12(13-9-10)11-5-3-2-4-6-11;1-2-6-10(7-3-1)11-8-4-5-9-12-11;;;;;/h3-6,8-13H,1-2H3;3-6,8-9H,1-2H3;2-7,9H,1H3;2-5,7-9H,1H3;1-6,8-9H;;;;;/q5*-1;;;;;/i;2D3;;;;;;;;. The van der Waals surface area contributed by atoms with E-state index in [0.717, 1.165) is 61.9 Å². The summed E-state index contributed by atoms with van der Waals surface area (Å²) in [6, 6.07) is 81.3. The van der Waals surface area contributed by atoms with Crippen LogP contribution in [0.5, 0.6) is 0 Å². The van der Waals surface area contributed by atoms with Crippen molar-refractivity contribution < 1.29 is 105 Å². The number of pyridine rings is 5. The molecule has 5 radical (unpaired) electrons. The first-order chi connectivity index (χ1) is 36.4. The molecule has 0 spiro atoms. The van der Waals surface area contributed by atoms with Crippen molar-refractivity contribution in [2.45, 2.75) is 41.5 Å². The van der Waals surface area contributed by atoms with Gasteiger partial charge >= 0.3 is 0 Å². The number of hydrogen-bond acceptors (Lipinski definition) is 5. The predicted molar refractivity (Wildman–Crippen MR) is 296 cm³/mol. The first kappa shape index (κ1) is 62.2. The Balaban J connectivity index is 0.000000341. The maximum Gasteiger partial charge on any atom is 0.0280 e. The summed E-state index contributed by atoms with van der Waals surface area (Å²) in [5.74, 6) is 0. The van der Waals surface area contributed by atoms with Gasteiger partial charge < -0.3 is 24.9 Å². The summed E-state index contributed by atoms with van der Waals surface area (Å²) in [5.41, 5.74) is 18.2. The Hall–Kier alpha value is -5.68. The Morgan fingerprint density at radius 1 is 0.325 bits per heavy atom. The third-order valence-corrected chi connectivity index (χ3v) is 11.1. The molecule has 11 rings (SSSR count). The predicted octanol–water partition coefficient (Wildman–Crippen LogP) is 16.2. The molecule has 399 valence electrons. The second kappa shape index (κ2) is 36.4. The van der Waals surface area contributed by atoms with Crippen molar-refractivity contribution in [3.8, 4) is 67.4 Å². The monoisotopic (exact) mass is 1900 g/mol. The zero-order chi connectivity index (χ0) is 52.8. The first-order valence-corrected chi connectivity index (χ1v) is 23.5. The first-order valence-electron chi connectivity index (χ1n) is 25.0. The topological polar surface area (TPSA) is 64.5 Å². The largest absolute Gasteiger partial charge is 0.305 e. The Morgan fingerprint density at radius 3 is 1.31 bits per heavy atom. The summed E-state index contributed by atoms with van der Waals surface area (Å²) in [7, 11) is 0. The van der Waals surface area contributed by atoms with E-state index in [1.807, 2.05) is 177 Å². The molecule has 0 saturated heterocycles. The molecule has 6 aromatic carbocycles. The smallest absolute Gasteiger partial charge is 0.0280 e. The van der Waals surface area contributed by atoms with Crippen LogP contribution in [0.1, 0.15) is 37.5 Å².